The van der Waals surface area contributed by atoms with Gasteiger partial charge in [-0.2, -0.15) is 0 Å². The van der Waals surface area contributed by atoms with Gasteiger partial charge in [-0.1, -0.05) is 51.3 Å². The lowest BCUT2D eigenvalue weighted by molar-refractivity contribution is 0.0940. The van der Waals surface area contributed by atoms with Crippen molar-refractivity contribution >= 4 is 45.0 Å². The number of hydrogen-bond donors (Lipinski definition) is 1. The van der Waals surface area contributed by atoms with E-state index in [0.29, 0.717) is 15.6 Å². The third kappa shape index (κ3) is 4.73. The number of rotatable bonds is 4. The predicted molar refractivity (Wildman–Crippen MR) is 91.2 cm³/mol. The van der Waals surface area contributed by atoms with Crippen molar-refractivity contribution in [1.82, 2.24) is 5.32 Å². The van der Waals surface area contributed by atoms with E-state index in [1.165, 1.54) is 0 Å². The van der Waals surface area contributed by atoms with Crippen molar-refractivity contribution in [2.45, 2.75) is 19.4 Å². The van der Waals surface area contributed by atoms with Gasteiger partial charge >= 0.3 is 0 Å². The van der Waals surface area contributed by atoms with Crippen LogP contribution in [0.4, 0.5) is 0 Å². The zero-order valence-corrected chi connectivity index (χ0v) is 14.5. The maximum Gasteiger partial charge on any atom is 0.253 e. The zero-order chi connectivity index (χ0) is 15.4. The van der Waals surface area contributed by atoms with E-state index in [0.717, 1.165) is 16.5 Å². The van der Waals surface area contributed by atoms with Crippen LogP contribution in [0.25, 0.3) is 0 Å². The summed E-state index contributed by atoms with van der Waals surface area (Å²) in [7, 11) is 0. The summed E-state index contributed by atoms with van der Waals surface area (Å²) in [6, 6.07) is 12.9. The summed E-state index contributed by atoms with van der Waals surface area (Å²) in [5, 5.41) is 3.81. The Morgan fingerprint density at radius 3 is 2.48 bits per heavy atom. The molecule has 0 aliphatic rings. The SMILES string of the molecule is CC(Cc1ccc(Br)cc1)NC(=O)c1ccc(Cl)cc1Cl. The second-order valence-electron chi connectivity index (χ2n) is 4.83. The topological polar surface area (TPSA) is 29.1 Å². The number of carbonyl (C=O) groups is 1. The first kappa shape index (κ1) is 16.3. The van der Waals surface area contributed by atoms with E-state index in [2.05, 4.69) is 21.2 Å². The van der Waals surface area contributed by atoms with E-state index in [1.807, 2.05) is 31.2 Å². The molecule has 21 heavy (non-hydrogen) atoms. The lowest BCUT2D eigenvalue weighted by Gasteiger charge is -2.15. The minimum Gasteiger partial charge on any atom is -0.349 e. The van der Waals surface area contributed by atoms with Crippen molar-refractivity contribution in [3.8, 4) is 0 Å². The van der Waals surface area contributed by atoms with Crippen LogP contribution in [0.5, 0.6) is 0 Å². The molecule has 0 saturated heterocycles. The smallest absolute Gasteiger partial charge is 0.253 e. The number of benzene rings is 2. The Kier molecular flexibility index (Phi) is 5.68. The Morgan fingerprint density at radius 2 is 1.86 bits per heavy atom. The maximum absolute atomic E-state index is 12.2. The molecule has 1 N–H and O–H groups in total. The van der Waals surface area contributed by atoms with Crippen LogP contribution in [0, 0.1) is 0 Å². The fourth-order valence-corrected chi connectivity index (χ4v) is 2.76. The fourth-order valence-electron chi connectivity index (χ4n) is 2.00. The molecule has 2 aromatic carbocycles. The van der Waals surface area contributed by atoms with E-state index in [1.54, 1.807) is 18.2 Å². The first-order valence-corrected chi connectivity index (χ1v) is 8.01. The molecule has 5 heteroatoms. The van der Waals surface area contributed by atoms with Crippen LogP contribution in [-0.4, -0.2) is 11.9 Å². The van der Waals surface area contributed by atoms with Crippen LogP contribution < -0.4 is 5.32 Å². The van der Waals surface area contributed by atoms with Crippen LogP contribution in [0.3, 0.4) is 0 Å². The second-order valence-corrected chi connectivity index (χ2v) is 6.59. The van der Waals surface area contributed by atoms with Gasteiger partial charge in [0.15, 0.2) is 0 Å². The van der Waals surface area contributed by atoms with E-state index in [9.17, 15) is 4.79 Å². The molecule has 0 spiro atoms. The molecule has 1 amide bonds. The molecule has 0 aliphatic carbocycles. The van der Waals surface area contributed by atoms with Crippen LogP contribution >= 0.6 is 39.1 Å². The Balaban J connectivity index is 2.00. The summed E-state index contributed by atoms with van der Waals surface area (Å²) in [6.07, 6.45) is 0.754. The molecule has 2 nitrogen and oxygen atoms in total. The lowest BCUT2D eigenvalue weighted by Crippen LogP contribution is -2.34. The van der Waals surface area contributed by atoms with Crippen LogP contribution in [0.1, 0.15) is 22.8 Å². The standard InChI is InChI=1S/C16H14BrCl2NO/c1-10(8-11-2-4-12(17)5-3-11)20-16(21)14-7-6-13(18)9-15(14)19/h2-7,9-10H,8H2,1H3,(H,20,21). The summed E-state index contributed by atoms with van der Waals surface area (Å²) in [6.45, 7) is 1.96. The Bertz CT molecular complexity index is 643. The first-order chi connectivity index (χ1) is 9.95. The summed E-state index contributed by atoms with van der Waals surface area (Å²) in [4.78, 5) is 12.2. The molecule has 1 unspecified atom stereocenters. The van der Waals surface area contributed by atoms with Gasteiger partial charge in [0.1, 0.15) is 0 Å². The summed E-state index contributed by atoms with van der Waals surface area (Å²) in [5.41, 5.74) is 1.59. The molecular formula is C16H14BrCl2NO. The van der Waals surface area contributed by atoms with Crippen LogP contribution in [-0.2, 0) is 6.42 Å². The molecule has 110 valence electrons. The van der Waals surface area contributed by atoms with Gasteiger partial charge in [-0.15, -0.1) is 0 Å². The molecule has 2 aromatic rings. The van der Waals surface area contributed by atoms with Crippen molar-refractivity contribution in [2.24, 2.45) is 0 Å². The molecule has 1 atom stereocenters. The van der Waals surface area contributed by atoms with Gasteiger partial charge in [0.05, 0.1) is 10.6 Å². The van der Waals surface area contributed by atoms with Crippen molar-refractivity contribution in [3.05, 3.63) is 68.1 Å². The molecule has 0 bridgehead atoms. The Morgan fingerprint density at radius 1 is 1.19 bits per heavy atom. The second kappa shape index (κ2) is 7.30. The predicted octanol–water partition coefficient (Wildman–Crippen LogP) is 5.12. The highest BCUT2D eigenvalue weighted by Gasteiger charge is 2.13. The molecule has 2 rings (SSSR count). The molecule has 0 aromatic heterocycles. The lowest BCUT2D eigenvalue weighted by atomic mass is 10.1. The quantitative estimate of drug-likeness (QED) is 0.776. The highest BCUT2D eigenvalue weighted by molar-refractivity contribution is 9.10. The average molecular weight is 387 g/mol. The van der Waals surface area contributed by atoms with Gasteiger partial charge < -0.3 is 5.32 Å². The molecular weight excluding hydrogens is 373 g/mol. The third-order valence-electron chi connectivity index (χ3n) is 3.01. The normalized spacial score (nSPS) is 12.0. The number of hydrogen-bond acceptors (Lipinski definition) is 1. The molecule has 0 saturated carbocycles. The summed E-state index contributed by atoms with van der Waals surface area (Å²) < 4.78 is 1.04. The third-order valence-corrected chi connectivity index (χ3v) is 4.08. The molecule has 0 radical (unpaired) electrons. The van der Waals surface area contributed by atoms with Gasteiger partial charge in [0.25, 0.3) is 5.91 Å². The molecule has 0 fully saturated rings. The van der Waals surface area contributed by atoms with E-state index in [-0.39, 0.29) is 11.9 Å². The van der Waals surface area contributed by atoms with Gasteiger partial charge in [-0.25, -0.2) is 0 Å². The van der Waals surface area contributed by atoms with E-state index >= 15 is 0 Å². The van der Waals surface area contributed by atoms with Gasteiger partial charge in [-0.05, 0) is 49.2 Å². The number of nitrogens with one attached hydrogen (secondary N) is 1. The summed E-state index contributed by atoms with van der Waals surface area (Å²) in [5.74, 6) is -0.193. The Labute approximate surface area is 142 Å². The van der Waals surface area contributed by atoms with Crippen molar-refractivity contribution in [3.63, 3.8) is 0 Å². The van der Waals surface area contributed by atoms with Crippen LogP contribution in [0.15, 0.2) is 46.9 Å². The molecule has 0 aliphatic heterocycles. The number of halogens is 3. The number of carbonyl (C=O) groups excluding carboxylic acids is 1. The van der Waals surface area contributed by atoms with Crippen molar-refractivity contribution in [2.75, 3.05) is 0 Å². The zero-order valence-electron chi connectivity index (χ0n) is 11.4. The minimum absolute atomic E-state index is 0.00502. The largest absolute Gasteiger partial charge is 0.349 e. The summed E-state index contributed by atoms with van der Waals surface area (Å²) >= 11 is 15.3. The monoisotopic (exact) mass is 385 g/mol. The Hall–Kier alpha value is -1.03. The van der Waals surface area contributed by atoms with Gasteiger partial charge in [0.2, 0.25) is 0 Å². The van der Waals surface area contributed by atoms with Crippen molar-refractivity contribution < 1.29 is 4.79 Å². The van der Waals surface area contributed by atoms with Crippen LogP contribution in [0.2, 0.25) is 10.0 Å². The maximum atomic E-state index is 12.2. The van der Waals surface area contributed by atoms with Gasteiger partial charge in [0, 0.05) is 15.5 Å². The van der Waals surface area contributed by atoms with Crippen molar-refractivity contribution in [1.29, 1.82) is 0 Å². The minimum atomic E-state index is -0.193. The van der Waals surface area contributed by atoms with Gasteiger partial charge in [-0.3, -0.25) is 4.79 Å². The molecule has 0 heterocycles. The first-order valence-electron chi connectivity index (χ1n) is 6.46. The van der Waals surface area contributed by atoms with E-state index in [4.69, 9.17) is 23.2 Å². The number of amides is 1. The van der Waals surface area contributed by atoms with E-state index < -0.39 is 0 Å². The highest BCUT2D eigenvalue weighted by atomic mass is 79.9. The highest BCUT2D eigenvalue weighted by Crippen LogP contribution is 2.21. The average Bonchev–Trinajstić information content (AvgIpc) is 2.41. The fraction of sp³-hybridized carbons (Fsp3) is 0.188.